The van der Waals surface area contributed by atoms with Crippen LogP contribution in [0.5, 0.6) is 0 Å². The Balaban J connectivity index is 0.00000288. The number of hydrogen-bond acceptors (Lipinski definition) is 5. The van der Waals surface area contributed by atoms with Crippen LogP contribution in [0, 0.1) is 10.1 Å². The summed E-state index contributed by atoms with van der Waals surface area (Å²) in [6, 6.07) is 4.99. The zero-order chi connectivity index (χ0) is 16.8. The van der Waals surface area contributed by atoms with E-state index in [1.54, 1.807) is 18.4 Å². The number of thioether (sulfide) groups is 1. The molecule has 134 valence electrons. The van der Waals surface area contributed by atoms with E-state index in [-0.39, 0.29) is 30.0 Å². The van der Waals surface area contributed by atoms with Crippen LogP contribution in [0.25, 0.3) is 0 Å². The van der Waals surface area contributed by atoms with Gasteiger partial charge in [0.05, 0.1) is 9.82 Å². The van der Waals surface area contributed by atoms with Crippen LogP contribution in [0.4, 0.5) is 5.69 Å². The van der Waals surface area contributed by atoms with Crippen LogP contribution >= 0.6 is 24.2 Å². The maximum atomic E-state index is 12.9. The smallest absolute Gasteiger partial charge is 0.283 e. The van der Waals surface area contributed by atoms with E-state index in [1.807, 2.05) is 11.8 Å². The fourth-order valence-corrected chi connectivity index (χ4v) is 3.49. The van der Waals surface area contributed by atoms with E-state index in [0.717, 1.165) is 32.4 Å². The fraction of sp³-hybridized carbons (Fsp3) is 0.562. The molecule has 0 bridgehead atoms. The summed E-state index contributed by atoms with van der Waals surface area (Å²) >= 11 is 1.32. The van der Waals surface area contributed by atoms with Crippen molar-refractivity contribution in [3.05, 3.63) is 33.9 Å². The van der Waals surface area contributed by atoms with Crippen molar-refractivity contribution in [2.24, 2.45) is 0 Å². The van der Waals surface area contributed by atoms with Crippen molar-refractivity contribution < 1.29 is 9.72 Å². The SMILES string of the molecule is CCCN(C(=O)c1ccc(SC)c([N+](=O)[O-])c1)C1CCNCC1.Cl. The third kappa shape index (κ3) is 4.84. The Bertz CT molecular complexity index is 580. The van der Waals surface area contributed by atoms with Gasteiger partial charge in [-0.2, -0.15) is 0 Å². The van der Waals surface area contributed by atoms with E-state index >= 15 is 0 Å². The minimum absolute atomic E-state index is 0. The van der Waals surface area contributed by atoms with Crippen LogP contribution in [-0.2, 0) is 0 Å². The van der Waals surface area contributed by atoms with E-state index in [1.165, 1.54) is 17.8 Å². The molecule has 1 aliphatic rings. The molecule has 1 saturated heterocycles. The van der Waals surface area contributed by atoms with E-state index in [4.69, 9.17) is 0 Å². The third-order valence-electron chi connectivity index (χ3n) is 4.10. The molecule has 1 amide bonds. The van der Waals surface area contributed by atoms with Gasteiger partial charge in [-0.1, -0.05) is 6.92 Å². The molecule has 1 aromatic carbocycles. The van der Waals surface area contributed by atoms with Crippen molar-refractivity contribution in [1.29, 1.82) is 0 Å². The quantitative estimate of drug-likeness (QED) is 0.470. The first-order valence-corrected chi connectivity index (χ1v) is 9.15. The molecular weight excluding hydrogens is 350 g/mol. The van der Waals surface area contributed by atoms with Gasteiger partial charge in [-0.25, -0.2) is 0 Å². The standard InChI is InChI=1S/C16H23N3O3S.ClH/c1-3-10-18(13-6-8-17-9-7-13)16(20)12-4-5-15(23-2)14(11-12)19(21)22;/h4-5,11,13,17H,3,6-10H2,1-2H3;1H. The number of nitro benzene ring substituents is 1. The van der Waals surface area contributed by atoms with Gasteiger partial charge in [0.1, 0.15) is 0 Å². The molecule has 0 saturated carbocycles. The molecule has 1 N–H and O–H groups in total. The molecule has 0 aromatic heterocycles. The number of nitrogens with one attached hydrogen (secondary N) is 1. The highest BCUT2D eigenvalue weighted by Crippen LogP contribution is 2.29. The molecule has 2 rings (SSSR count). The molecule has 1 aromatic rings. The third-order valence-corrected chi connectivity index (χ3v) is 4.88. The topological polar surface area (TPSA) is 75.5 Å². The van der Waals surface area contributed by atoms with Gasteiger partial charge >= 0.3 is 0 Å². The largest absolute Gasteiger partial charge is 0.336 e. The number of rotatable bonds is 6. The fourth-order valence-electron chi connectivity index (χ4n) is 2.94. The molecule has 24 heavy (non-hydrogen) atoms. The minimum atomic E-state index is -0.419. The van der Waals surface area contributed by atoms with Crippen LogP contribution in [-0.4, -0.2) is 47.7 Å². The number of amides is 1. The molecule has 0 radical (unpaired) electrons. The van der Waals surface area contributed by atoms with Gasteiger partial charge in [0.25, 0.3) is 11.6 Å². The normalized spacial score (nSPS) is 14.8. The first kappa shape index (κ1) is 20.7. The van der Waals surface area contributed by atoms with Gasteiger partial charge in [0.2, 0.25) is 0 Å². The molecule has 0 atom stereocenters. The Morgan fingerprint density at radius 1 is 1.42 bits per heavy atom. The molecule has 0 aliphatic carbocycles. The average Bonchev–Trinajstić information content (AvgIpc) is 2.59. The molecule has 1 fully saturated rings. The van der Waals surface area contributed by atoms with Gasteiger partial charge < -0.3 is 10.2 Å². The summed E-state index contributed by atoms with van der Waals surface area (Å²) in [5, 5.41) is 14.5. The summed E-state index contributed by atoms with van der Waals surface area (Å²) < 4.78 is 0. The molecular formula is C16H24ClN3O3S. The Labute approximate surface area is 152 Å². The van der Waals surface area contributed by atoms with E-state index in [0.29, 0.717) is 17.0 Å². The molecule has 1 aliphatic heterocycles. The lowest BCUT2D eigenvalue weighted by Crippen LogP contribution is -2.46. The van der Waals surface area contributed by atoms with Gasteiger partial charge in [-0.05, 0) is 50.7 Å². The van der Waals surface area contributed by atoms with Gasteiger partial charge in [0.15, 0.2) is 0 Å². The Hall–Kier alpha value is -1.31. The van der Waals surface area contributed by atoms with E-state index < -0.39 is 4.92 Å². The lowest BCUT2D eigenvalue weighted by Gasteiger charge is -2.34. The summed E-state index contributed by atoms with van der Waals surface area (Å²) in [7, 11) is 0. The monoisotopic (exact) mass is 373 g/mol. The Morgan fingerprint density at radius 3 is 2.62 bits per heavy atom. The number of benzene rings is 1. The number of halogens is 1. The number of piperidine rings is 1. The first-order valence-electron chi connectivity index (χ1n) is 7.92. The molecule has 1 heterocycles. The number of nitro groups is 1. The number of nitrogens with zero attached hydrogens (tertiary/aromatic N) is 2. The number of hydrogen-bond donors (Lipinski definition) is 1. The Kier molecular flexibility index (Phi) is 8.52. The number of carbonyl (C=O) groups is 1. The van der Waals surface area contributed by atoms with Crippen molar-refractivity contribution >= 4 is 35.8 Å². The van der Waals surface area contributed by atoms with Crippen molar-refractivity contribution in [2.45, 2.75) is 37.1 Å². The maximum absolute atomic E-state index is 12.9. The summed E-state index contributed by atoms with van der Waals surface area (Å²) in [5.74, 6) is -0.102. The molecule has 0 spiro atoms. The zero-order valence-electron chi connectivity index (χ0n) is 14.0. The summed E-state index contributed by atoms with van der Waals surface area (Å²) in [5.41, 5.74) is 0.409. The number of carbonyl (C=O) groups excluding carboxylic acids is 1. The predicted octanol–water partition coefficient (Wildman–Crippen LogP) is 3.34. The second-order valence-corrected chi connectivity index (χ2v) is 6.47. The summed E-state index contributed by atoms with van der Waals surface area (Å²) in [4.78, 5) is 26.1. The zero-order valence-corrected chi connectivity index (χ0v) is 15.6. The second kappa shape index (κ2) is 9.86. The van der Waals surface area contributed by atoms with Gasteiger partial charge in [0, 0.05) is 24.2 Å². The van der Waals surface area contributed by atoms with Crippen molar-refractivity contribution in [3.8, 4) is 0 Å². The first-order chi connectivity index (χ1) is 11.1. The van der Waals surface area contributed by atoms with E-state index in [9.17, 15) is 14.9 Å². The maximum Gasteiger partial charge on any atom is 0.283 e. The van der Waals surface area contributed by atoms with Gasteiger partial charge in [-0.3, -0.25) is 14.9 Å². The van der Waals surface area contributed by atoms with Crippen LogP contribution in [0.2, 0.25) is 0 Å². The highest BCUT2D eigenvalue weighted by Gasteiger charge is 2.27. The van der Waals surface area contributed by atoms with Crippen molar-refractivity contribution in [1.82, 2.24) is 10.2 Å². The van der Waals surface area contributed by atoms with E-state index in [2.05, 4.69) is 5.32 Å². The molecule has 6 nitrogen and oxygen atoms in total. The van der Waals surface area contributed by atoms with Crippen LogP contribution in [0.15, 0.2) is 23.1 Å². The van der Waals surface area contributed by atoms with Crippen LogP contribution in [0.3, 0.4) is 0 Å². The lowest BCUT2D eigenvalue weighted by atomic mass is 10.0. The van der Waals surface area contributed by atoms with Gasteiger partial charge in [-0.15, -0.1) is 24.2 Å². The van der Waals surface area contributed by atoms with Crippen LogP contribution < -0.4 is 5.32 Å². The predicted molar refractivity (Wildman–Crippen MR) is 99.3 cm³/mol. The lowest BCUT2D eigenvalue weighted by molar-refractivity contribution is -0.387. The molecule has 8 heteroatoms. The average molecular weight is 374 g/mol. The Morgan fingerprint density at radius 2 is 2.08 bits per heavy atom. The van der Waals surface area contributed by atoms with Crippen LogP contribution in [0.1, 0.15) is 36.5 Å². The van der Waals surface area contributed by atoms with Crippen molar-refractivity contribution in [2.75, 3.05) is 25.9 Å². The minimum Gasteiger partial charge on any atom is -0.336 e. The second-order valence-electron chi connectivity index (χ2n) is 5.62. The highest BCUT2D eigenvalue weighted by molar-refractivity contribution is 7.98. The highest BCUT2D eigenvalue weighted by atomic mass is 35.5. The summed E-state index contributed by atoms with van der Waals surface area (Å²) in [6.45, 7) is 4.54. The molecule has 0 unspecified atom stereocenters. The van der Waals surface area contributed by atoms with Crippen molar-refractivity contribution in [3.63, 3.8) is 0 Å². The summed E-state index contributed by atoms with van der Waals surface area (Å²) in [6.07, 6.45) is 4.52.